The SMILES string of the molecule is CC(CNC(=O)c1ccc(N)nn1)c1ccccc1. The summed E-state index contributed by atoms with van der Waals surface area (Å²) in [4.78, 5) is 11.8. The van der Waals surface area contributed by atoms with Crippen molar-refractivity contribution in [2.45, 2.75) is 12.8 Å². The van der Waals surface area contributed by atoms with Gasteiger partial charge in [-0.2, -0.15) is 0 Å². The molecule has 0 radical (unpaired) electrons. The Hall–Kier alpha value is -2.43. The van der Waals surface area contributed by atoms with Crippen LogP contribution in [0.25, 0.3) is 0 Å². The summed E-state index contributed by atoms with van der Waals surface area (Å²) in [7, 11) is 0. The van der Waals surface area contributed by atoms with Gasteiger partial charge >= 0.3 is 0 Å². The number of carbonyl (C=O) groups excluding carboxylic acids is 1. The van der Waals surface area contributed by atoms with Gasteiger partial charge in [0.25, 0.3) is 5.91 Å². The van der Waals surface area contributed by atoms with E-state index in [-0.39, 0.29) is 17.5 Å². The van der Waals surface area contributed by atoms with Crippen LogP contribution in [0.15, 0.2) is 42.5 Å². The Morgan fingerprint density at radius 1 is 1.21 bits per heavy atom. The van der Waals surface area contributed by atoms with Crippen LogP contribution in [-0.2, 0) is 0 Å². The van der Waals surface area contributed by atoms with Crippen molar-refractivity contribution in [1.82, 2.24) is 15.5 Å². The number of aromatic nitrogens is 2. The zero-order chi connectivity index (χ0) is 13.7. The Morgan fingerprint density at radius 3 is 2.58 bits per heavy atom. The van der Waals surface area contributed by atoms with Crippen molar-refractivity contribution in [3.63, 3.8) is 0 Å². The summed E-state index contributed by atoms with van der Waals surface area (Å²) in [6.45, 7) is 2.61. The molecule has 2 rings (SSSR count). The molecular formula is C14H16N4O. The van der Waals surface area contributed by atoms with Gasteiger partial charge in [0.15, 0.2) is 5.69 Å². The highest BCUT2D eigenvalue weighted by Gasteiger charge is 2.10. The Bertz CT molecular complexity index is 539. The fraction of sp³-hybridized carbons (Fsp3) is 0.214. The molecule has 0 saturated heterocycles. The Morgan fingerprint density at radius 2 is 1.95 bits per heavy atom. The summed E-state index contributed by atoms with van der Waals surface area (Å²) >= 11 is 0. The predicted molar refractivity (Wildman–Crippen MR) is 73.6 cm³/mol. The van der Waals surface area contributed by atoms with Crippen molar-refractivity contribution in [2.24, 2.45) is 0 Å². The van der Waals surface area contributed by atoms with E-state index in [0.717, 1.165) is 0 Å². The molecule has 0 aliphatic rings. The quantitative estimate of drug-likeness (QED) is 0.870. The Kier molecular flexibility index (Phi) is 4.07. The van der Waals surface area contributed by atoms with Crippen LogP contribution in [0.1, 0.15) is 28.9 Å². The van der Waals surface area contributed by atoms with Gasteiger partial charge in [0.05, 0.1) is 0 Å². The van der Waals surface area contributed by atoms with Crippen LogP contribution < -0.4 is 11.1 Å². The van der Waals surface area contributed by atoms with Crippen molar-refractivity contribution >= 4 is 11.7 Å². The number of nitrogens with two attached hydrogens (primary N) is 1. The van der Waals surface area contributed by atoms with Crippen molar-refractivity contribution in [2.75, 3.05) is 12.3 Å². The predicted octanol–water partition coefficient (Wildman–Crippen LogP) is 1.59. The van der Waals surface area contributed by atoms with Crippen LogP contribution in [0.4, 0.5) is 5.82 Å². The minimum atomic E-state index is -0.240. The highest BCUT2D eigenvalue weighted by Crippen LogP contribution is 2.13. The van der Waals surface area contributed by atoms with Crippen LogP contribution in [0.2, 0.25) is 0 Å². The van der Waals surface area contributed by atoms with E-state index in [0.29, 0.717) is 12.4 Å². The van der Waals surface area contributed by atoms with Gasteiger partial charge in [0.2, 0.25) is 0 Å². The largest absolute Gasteiger partial charge is 0.382 e. The number of hydrogen-bond acceptors (Lipinski definition) is 4. The number of hydrogen-bond donors (Lipinski definition) is 2. The van der Waals surface area contributed by atoms with E-state index in [1.165, 1.54) is 5.56 Å². The molecule has 1 aromatic heterocycles. The zero-order valence-corrected chi connectivity index (χ0v) is 10.7. The molecule has 1 aromatic carbocycles. The minimum Gasteiger partial charge on any atom is -0.382 e. The lowest BCUT2D eigenvalue weighted by molar-refractivity contribution is 0.0945. The van der Waals surface area contributed by atoms with Gasteiger partial charge in [0.1, 0.15) is 5.82 Å². The van der Waals surface area contributed by atoms with Crippen molar-refractivity contribution in [3.05, 3.63) is 53.7 Å². The molecule has 0 bridgehead atoms. The van der Waals surface area contributed by atoms with E-state index in [1.54, 1.807) is 12.1 Å². The molecule has 2 aromatic rings. The molecule has 0 aliphatic heterocycles. The van der Waals surface area contributed by atoms with Crippen LogP contribution in [0, 0.1) is 0 Å². The van der Waals surface area contributed by atoms with Crippen LogP contribution >= 0.6 is 0 Å². The number of carbonyl (C=O) groups is 1. The average Bonchev–Trinajstić information content (AvgIpc) is 2.46. The van der Waals surface area contributed by atoms with E-state index >= 15 is 0 Å². The topological polar surface area (TPSA) is 80.9 Å². The maximum atomic E-state index is 11.8. The second-order valence-corrected chi connectivity index (χ2v) is 4.37. The van der Waals surface area contributed by atoms with Crippen molar-refractivity contribution in [3.8, 4) is 0 Å². The Labute approximate surface area is 111 Å². The number of nitrogen functional groups attached to an aromatic ring is 1. The molecule has 98 valence electrons. The summed E-state index contributed by atoms with van der Waals surface area (Å²) in [5.41, 5.74) is 6.88. The fourth-order valence-electron chi connectivity index (χ4n) is 1.70. The molecule has 0 saturated carbocycles. The van der Waals surface area contributed by atoms with Gasteiger partial charge in [-0.05, 0) is 23.6 Å². The molecule has 0 spiro atoms. The first-order valence-electron chi connectivity index (χ1n) is 6.09. The first-order valence-corrected chi connectivity index (χ1v) is 6.09. The van der Waals surface area contributed by atoms with E-state index in [2.05, 4.69) is 22.4 Å². The van der Waals surface area contributed by atoms with Gasteiger partial charge in [-0.15, -0.1) is 10.2 Å². The normalized spacial score (nSPS) is 11.8. The maximum absolute atomic E-state index is 11.8. The minimum absolute atomic E-state index is 0.240. The maximum Gasteiger partial charge on any atom is 0.271 e. The summed E-state index contributed by atoms with van der Waals surface area (Å²) in [5, 5.41) is 10.2. The monoisotopic (exact) mass is 256 g/mol. The van der Waals surface area contributed by atoms with Crippen LogP contribution in [0.3, 0.4) is 0 Å². The van der Waals surface area contributed by atoms with E-state index in [1.807, 2.05) is 30.3 Å². The number of benzene rings is 1. The number of anilines is 1. The molecule has 5 nitrogen and oxygen atoms in total. The number of amides is 1. The van der Waals surface area contributed by atoms with Crippen molar-refractivity contribution in [1.29, 1.82) is 0 Å². The van der Waals surface area contributed by atoms with Crippen LogP contribution in [-0.4, -0.2) is 22.6 Å². The molecule has 1 atom stereocenters. The molecule has 0 aliphatic carbocycles. The third-order valence-corrected chi connectivity index (χ3v) is 2.86. The summed E-state index contributed by atoms with van der Waals surface area (Å²) in [5.74, 6) is 0.302. The molecule has 19 heavy (non-hydrogen) atoms. The van der Waals surface area contributed by atoms with Gasteiger partial charge in [-0.3, -0.25) is 4.79 Å². The van der Waals surface area contributed by atoms with E-state index < -0.39 is 0 Å². The van der Waals surface area contributed by atoms with Gasteiger partial charge in [0, 0.05) is 6.54 Å². The second-order valence-electron chi connectivity index (χ2n) is 4.37. The van der Waals surface area contributed by atoms with Crippen LogP contribution in [0.5, 0.6) is 0 Å². The second kappa shape index (κ2) is 5.95. The first-order chi connectivity index (χ1) is 9.16. The molecule has 5 heteroatoms. The lowest BCUT2D eigenvalue weighted by Crippen LogP contribution is -2.28. The highest BCUT2D eigenvalue weighted by molar-refractivity contribution is 5.92. The number of rotatable bonds is 4. The molecule has 1 unspecified atom stereocenters. The average molecular weight is 256 g/mol. The molecular weight excluding hydrogens is 240 g/mol. The molecule has 3 N–H and O–H groups in total. The third-order valence-electron chi connectivity index (χ3n) is 2.86. The lowest BCUT2D eigenvalue weighted by Gasteiger charge is -2.12. The Balaban J connectivity index is 1.92. The molecule has 1 amide bonds. The summed E-state index contributed by atoms with van der Waals surface area (Å²) < 4.78 is 0. The van der Waals surface area contributed by atoms with Gasteiger partial charge in [-0.1, -0.05) is 37.3 Å². The van der Waals surface area contributed by atoms with E-state index in [9.17, 15) is 4.79 Å². The fourth-order valence-corrected chi connectivity index (χ4v) is 1.70. The lowest BCUT2D eigenvalue weighted by atomic mass is 10.0. The number of nitrogens with zero attached hydrogens (tertiary/aromatic N) is 2. The molecule has 0 fully saturated rings. The van der Waals surface area contributed by atoms with E-state index in [4.69, 9.17) is 5.73 Å². The summed E-state index contributed by atoms with van der Waals surface area (Å²) in [6, 6.07) is 13.1. The zero-order valence-electron chi connectivity index (χ0n) is 10.7. The molecule has 1 heterocycles. The third kappa shape index (κ3) is 3.51. The van der Waals surface area contributed by atoms with Gasteiger partial charge in [-0.25, -0.2) is 0 Å². The standard InChI is InChI=1S/C14H16N4O/c1-10(11-5-3-2-4-6-11)9-16-14(19)12-7-8-13(15)18-17-12/h2-8,10H,9H2,1H3,(H2,15,18)(H,16,19). The van der Waals surface area contributed by atoms with Gasteiger partial charge < -0.3 is 11.1 Å². The van der Waals surface area contributed by atoms with Crippen molar-refractivity contribution < 1.29 is 4.79 Å². The highest BCUT2D eigenvalue weighted by atomic mass is 16.1. The number of nitrogens with one attached hydrogen (secondary N) is 1. The smallest absolute Gasteiger partial charge is 0.271 e. The summed E-state index contributed by atoms with van der Waals surface area (Å²) in [6.07, 6.45) is 0. The first kappa shape index (κ1) is 13.0.